The highest BCUT2D eigenvalue weighted by molar-refractivity contribution is 9.10. The van der Waals surface area contributed by atoms with Crippen LogP contribution in [0.5, 0.6) is 0 Å². The maximum atomic E-state index is 11.2. The van der Waals surface area contributed by atoms with E-state index < -0.39 is 5.54 Å². The van der Waals surface area contributed by atoms with Gasteiger partial charge in [-0.2, -0.15) is 0 Å². The van der Waals surface area contributed by atoms with Crippen molar-refractivity contribution in [1.82, 2.24) is 0 Å². The predicted octanol–water partition coefficient (Wildman–Crippen LogP) is 2.80. The fourth-order valence-electron chi connectivity index (χ4n) is 3.09. The van der Waals surface area contributed by atoms with Crippen molar-refractivity contribution >= 4 is 21.6 Å². The molecule has 1 heterocycles. The Morgan fingerprint density at radius 2 is 2.25 bits per heavy atom. The van der Waals surface area contributed by atoms with Crippen molar-refractivity contribution in [2.75, 3.05) is 6.61 Å². The first-order valence-corrected chi connectivity index (χ1v) is 7.62. The Bertz CT molecular complexity index is 547. The number of rotatable bonds is 4. The van der Waals surface area contributed by atoms with Gasteiger partial charge in [0.25, 0.3) is 5.69 Å². The molecule has 2 aliphatic rings. The molecule has 1 aliphatic carbocycles. The number of nitro benzene ring substituents is 1. The van der Waals surface area contributed by atoms with Crippen LogP contribution in [0.3, 0.4) is 0 Å². The van der Waals surface area contributed by atoms with Gasteiger partial charge in [0.2, 0.25) is 0 Å². The minimum Gasteiger partial charge on any atom is -0.376 e. The van der Waals surface area contributed by atoms with E-state index in [-0.39, 0.29) is 16.7 Å². The van der Waals surface area contributed by atoms with Crippen LogP contribution >= 0.6 is 15.9 Å². The quantitative estimate of drug-likeness (QED) is 0.675. The van der Waals surface area contributed by atoms with E-state index in [9.17, 15) is 10.1 Å². The van der Waals surface area contributed by atoms with Gasteiger partial charge in [0.1, 0.15) is 0 Å². The molecule has 6 heteroatoms. The topological polar surface area (TPSA) is 78.4 Å². The van der Waals surface area contributed by atoms with Gasteiger partial charge in [-0.05, 0) is 37.7 Å². The second kappa shape index (κ2) is 5.09. The van der Waals surface area contributed by atoms with E-state index in [0.717, 1.165) is 19.3 Å². The Kier molecular flexibility index (Phi) is 3.56. The van der Waals surface area contributed by atoms with Crippen LogP contribution in [0, 0.1) is 16.0 Å². The lowest BCUT2D eigenvalue weighted by Gasteiger charge is -2.30. The summed E-state index contributed by atoms with van der Waals surface area (Å²) in [5, 5.41) is 11.2. The predicted molar refractivity (Wildman–Crippen MR) is 78.5 cm³/mol. The molecule has 1 aromatic rings. The molecular formula is C14H17BrN2O3. The Labute approximate surface area is 125 Å². The maximum Gasteiger partial charge on any atom is 0.273 e. The minimum absolute atomic E-state index is 0.0470. The number of ether oxygens (including phenoxy) is 1. The van der Waals surface area contributed by atoms with E-state index in [1.807, 2.05) is 6.07 Å². The van der Waals surface area contributed by atoms with Crippen LogP contribution in [0.4, 0.5) is 5.69 Å². The summed E-state index contributed by atoms with van der Waals surface area (Å²) in [5.74, 6) is 0.539. The standard InChI is InChI=1S/C14H17BrN2O3/c15-11-4-3-10(12(7-11)17(18)19)8-14(16)5-6-20-13(14)9-1-2-9/h3-4,7,9,13H,1-2,5-6,8,16H2. The van der Waals surface area contributed by atoms with Crippen molar-refractivity contribution in [3.8, 4) is 0 Å². The summed E-state index contributed by atoms with van der Waals surface area (Å²) < 4.78 is 6.49. The molecule has 108 valence electrons. The number of benzene rings is 1. The molecular weight excluding hydrogens is 324 g/mol. The molecule has 0 amide bonds. The molecule has 20 heavy (non-hydrogen) atoms. The molecule has 1 aromatic carbocycles. The highest BCUT2D eigenvalue weighted by atomic mass is 79.9. The van der Waals surface area contributed by atoms with Crippen LogP contribution in [-0.2, 0) is 11.2 Å². The Balaban J connectivity index is 1.88. The largest absolute Gasteiger partial charge is 0.376 e. The van der Waals surface area contributed by atoms with E-state index in [4.69, 9.17) is 10.5 Å². The molecule has 2 unspecified atom stereocenters. The zero-order valence-electron chi connectivity index (χ0n) is 11.0. The molecule has 1 saturated heterocycles. The van der Waals surface area contributed by atoms with Crippen molar-refractivity contribution in [2.45, 2.75) is 37.3 Å². The zero-order valence-corrected chi connectivity index (χ0v) is 12.6. The van der Waals surface area contributed by atoms with Gasteiger partial charge in [-0.25, -0.2) is 0 Å². The number of hydrogen-bond acceptors (Lipinski definition) is 4. The van der Waals surface area contributed by atoms with Crippen molar-refractivity contribution in [3.05, 3.63) is 38.3 Å². The highest BCUT2D eigenvalue weighted by Crippen LogP contribution is 2.44. The molecule has 1 saturated carbocycles. The smallest absolute Gasteiger partial charge is 0.273 e. The lowest BCUT2D eigenvalue weighted by Crippen LogP contribution is -2.50. The molecule has 0 aromatic heterocycles. The van der Waals surface area contributed by atoms with Crippen LogP contribution in [0.15, 0.2) is 22.7 Å². The molecule has 1 aliphatic heterocycles. The van der Waals surface area contributed by atoms with Crippen LogP contribution in [-0.4, -0.2) is 23.2 Å². The van der Waals surface area contributed by atoms with Crippen LogP contribution in [0.25, 0.3) is 0 Å². The summed E-state index contributed by atoms with van der Waals surface area (Å²) in [4.78, 5) is 10.9. The van der Waals surface area contributed by atoms with Crippen LogP contribution < -0.4 is 5.73 Å². The first kappa shape index (κ1) is 14.0. The molecule has 0 spiro atoms. The molecule has 0 bridgehead atoms. The van der Waals surface area contributed by atoms with Gasteiger partial charge in [0, 0.05) is 28.2 Å². The SMILES string of the molecule is NC1(Cc2ccc(Br)cc2[N+](=O)[O-])CCOC1C1CC1. The number of nitro groups is 1. The molecule has 5 nitrogen and oxygen atoms in total. The van der Waals surface area contributed by atoms with Gasteiger partial charge in [-0.1, -0.05) is 22.0 Å². The Morgan fingerprint density at radius 1 is 1.50 bits per heavy atom. The third-order valence-corrected chi connectivity index (χ3v) is 4.74. The second-order valence-corrected chi connectivity index (χ2v) is 6.73. The van der Waals surface area contributed by atoms with E-state index in [2.05, 4.69) is 15.9 Å². The van der Waals surface area contributed by atoms with Crippen LogP contribution in [0.1, 0.15) is 24.8 Å². The van der Waals surface area contributed by atoms with Gasteiger partial charge >= 0.3 is 0 Å². The fraction of sp³-hybridized carbons (Fsp3) is 0.571. The maximum absolute atomic E-state index is 11.2. The van der Waals surface area contributed by atoms with Crippen LogP contribution in [0.2, 0.25) is 0 Å². The number of hydrogen-bond donors (Lipinski definition) is 1. The van der Waals surface area contributed by atoms with E-state index >= 15 is 0 Å². The number of halogens is 1. The summed E-state index contributed by atoms with van der Waals surface area (Å²) >= 11 is 3.28. The van der Waals surface area contributed by atoms with Crippen molar-refractivity contribution in [2.24, 2.45) is 11.7 Å². The third kappa shape index (κ3) is 2.60. The molecule has 0 radical (unpaired) electrons. The molecule has 2 atom stereocenters. The summed E-state index contributed by atoms with van der Waals surface area (Å²) in [7, 11) is 0. The van der Waals surface area contributed by atoms with Crippen molar-refractivity contribution in [1.29, 1.82) is 0 Å². The Morgan fingerprint density at radius 3 is 2.90 bits per heavy atom. The average Bonchev–Trinajstić information content (AvgIpc) is 3.15. The van der Waals surface area contributed by atoms with Gasteiger partial charge < -0.3 is 10.5 Å². The first-order chi connectivity index (χ1) is 9.49. The van der Waals surface area contributed by atoms with Gasteiger partial charge in [0.15, 0.2) is 0 Å². The zero-order chi connectivity index (χ0) is 14.3. The van der Waals surface area contributed by atoms with Gasteiger partial charge in [-0.3, -0.25) is 10.1 Å². The molecule has 3 rings (SSSR count). The lowest BCUT2D eigenvalue weighted by molar-refractivity contribution is -0.385. The summed E-state index contributed by atoms with van der Waals surface area (Å²) in [5.41, 5.74) is 6.87. The normalized spacial score (nSPS) is 29.6. The third-order valence-electron chi connectivity index (χ3n) is 4.25. The Hall–Kier alpha value is -0.980. The summed E-state index contributed by atoms with van der Waals surface area (Å²) in [6, 6.07) is 5.16. The fourth-order valence-corrected chi connectivity index (χ4v) is 3.44. The lowest BCUT2D eigenvalue weighted by atomic mass is 9.83. The van der Waals surface area contributed by atoms with Crippen molar-refractivity contribution < 1.29 is 9.66 Å². The number of nitrogens with two attached hydrogens (primary N) is 1. The van der Waals surface area contributed by atoms with Gasteiger partial charge in [0.05, 0.1) is 11.0 Å². The van der Waals surface area contributed by atoms with E-state index in [1.54, 1.807) is 12.1 Å². The summed E-state index contributed by atoms with van der Waals surface area (Å²) in [6.07, 6.45) is 3.63. The second-order valence-electron chi connectivity index (χ2n) is 5.82. The molecule has 2 fully saturated rings. The first-order valence-electron chi connectivity index (χ1n) is 6.83. The monoisotopic (exact) mass is 340 g/mol. The van der Waals surface area contributed by atoms with E-state index in [0.29, 0.717) is 29.0 Å². The average molecular weight is 341 g/mol. The minimum atomic E-state index is -0.472. The van der Waals surface area contributed by atoms with E-state index in [1.165, 1.54) is 0 Å². The highest BCUT2D eigenvalue weighted by Gasteiger charge is 2.49. The summed E-state index contributed by atoms with van der Waals surface area (Å²) in [6.45, 7) is 0.655. The molecule has 2 N–H and O–H groups in total. The van der Waals surface area contributed by atoms with Gasteiger partial charge in [-0.15, -0.1) is 0 Å². The number of nitrogens with zero attached hydrogens (tertiary/aromatic N) is 1. The van der Waals surface area contributed by atoms with Crippen molar-refractivity contribution in [3.63, 3.8) is 0 Å².